The summed E-state index contributed by atoms with van der Waals surface area (Å²) in [6.45, 7) is 0. The Balaban J connectivity index is 1.62. The largest absolute Gasteiger partial charge is 0.350 e. The fourth-order valence-electron chi connectivity index (χ4n) is 3.17. The molecule has 3 rings (SSSR count). The van der Waals surface area contributed by atoms with E-state index in [-0.39, 0.29) is 16.8 Å². The van der Waals surface area contributed by atoms with Crippen molar-refractivity contribution in [2.75, 3.05) is 4.72 Å². The lowest BCUT2D eigenvalue weighted by Crippen LogP contribution is -2.34. The van der Waals surface area contributed by atoms with E-state index in [1.54, 1.807) is 42.5 Å². The van der Waals surface area contributed by atoms with Crippen molar-refractivity contribution in [3.8, 4) is 0 Å². The normalized spacial score (nSPS) is 15.5. The van der Waals surface area contributed by atoms with Crippen LogP contribution in [0.2, 0.25) is 5.02 Å². The van der Waals surface area contributed by atoms with Crippen molar-refractivity contribution in [2.45, 2.75) is 43.0 Å². The quantitative estimate of drug-likeness (QED) is 0.673. The molecule has 0 heterocycles. The van der Waals surface area contributed by atoms with E-state index in [9.17, 15) is 13.2 Å². The first-order valence-corrected chi connectivity index (χ1v) is 11.2. The summed E-state index contributed by atoms with van der Waals surface area (Å²) in [6, 6.07) is 13.2. The average Bonchev–Trinajstić information content (AvgIpc) is 2.69. The summed E-state index contributed by atoms with van der Waals surface area (Å²) in [7, 11) is -3.74. The van der Waals surface area contributed by atoms with Crippen molar-refractivity contribution < 1.29 is 13.2 Å². The van der Waals surface area contributed by atoms with Crippen LogP contribution in [0.5, 0.6) is 0 Å². The minimum absolute atomic E-state index is 0.121. The lowest BCUT2D eigenvalue weighted by molar-refractivity contribution is -0.117. The van der Waals surface area contributed by atoms with E-state index in [0.717, 1.165) is 31.2 Å². The summed E-state index contributed by atoms with van der Waals surface area (Å²) in [5.74, 6) is -0.121. The summed E-state index contributed by atoms with van der Waals surface area (Å²) in [5.41, 5.74) is 1.07. The van der Waals surface area contributed by atoms with Gasteiger partial charge in [-0.1, -0.05) is 55.1 Å². The molecule has 7 heteroatoms. The Hall–Kier alpha value is -2.31. The van der Waals surface area contributed by atoms with Crippen LogP contribution in [0, 0.1) is 0 Å². The predicted octanol–water partition coefficient (Wildman–Crippen LogP) is 4.60. The molecule has 2 N–H and O–H groups in total. The van der Waals surface area contributed by atoms with Crippen molar-refractivity contribution in [1.82, 2.24) is 5.32 Å². The molecule has 1 fully saturated rings. The summed E-state index contributed by atoms with van der Waals surface area (Å²) in [4.78, 5) is 12.2. The minimum atomic E-state index is -3.74. The Kier molecular flexibility index (Phi) is 6.75. The second kappa shape index (κ2) is 9.26. The summed E-state index contributed by atoms with van der Waals surface area (Å²) >= 11 is 6.01. The first-order valence-electron chi connectivity index (χ1n) is 9.30. The average molecular weight is 419 g/mol. The molecule has 28 heavy (non-hydrogen) atoms. The van der Waals surface area contributed by atoms with Gasteiger partial charge in [0.1, 0.15) is 0 Å². The maximum Gasteiger partial charge on any atom is 0.261 e. The first-order chi connectivity index (χ1) is 13.4. The topological polar surface area (TPSA) is 75.3 Å². The number of carbonyl (C=O) groups excluding carboxylic acids is 1. The lowest BCUT2D eigenvalue weighted by Gasteiger charge is -2.21. The van der Waals surface area contributed by atoms with Gasteiger partial charge in [0, 0.05) is 12.1 Å². The number of carbonyl (C=O) groups is 1. The molecule has 1 aliphatic rings. The molecule has 5 nitrogen and oxygen atoms in total. The molecule has 1 aliphatic carbocycles. The van der Waals surface area contributed by atoms with Crippen molar-refractivity contribution in [3.63, 3.8) is 0 Å². The van der Waals surface area contributed by atoms with Crippen LogP contribution in [0.15, 0.2) is 59.5 Å². The molecule has 0 bridgehead atoms. The molecular weight excluding hydrogens is 396 g/mol. The van der Waals surface area contributed by atoms with E-state index < -0.39 is 10.0 Å². The minimum Gasteiger partial charge on any atom is -0.350 e. The number of para-hydroxylation sites is 1. The van der Waals surface area contributed by atoms with Crippen LogP contribution in [-0.2, 0) is 14.8 Å². The van der Waals surface area contributed by atoms with Gasteiger partial charge in [0.2, 0.25) is 5.91 Å². The Morgan fingerprint density at radius 3 is 2.36 bits per heavy atom. The van der Waals surface area contributed by atoms with Gasteiger partial charge in [-0.25, -0.2) is 8.42 Å². The van der Waals surface area contributed by atoms with Crippen LogP contribution in [0.3, 0.4) is 0 Å². The number of anilines is 1. The fraction of sp³-hybridized carbons (Fsp3) is 0.286. The van der Waals surface area contributed by atoms with Crippen LogP contribution in [0.25, 0.3) is 6.08 Å². The van der Waals surface area contributed by atoms with Gasteiger partial charge in [0.25, 0.3) is 10.0 Å². The molecule has 0 radical (unpaired) electrons. The maximum absolute atomic E-state index is 12.5. The Labute approximate surface area is 170 Å². The predicted molar refractivity (Wildman–Crippen MR) is 113 cm³/mol. The third kappa shape index (κ3) is 5.59. The number of hydrogen-bond acceptors (Lipinski definition) is 3. The smallest absolute Gasteiger partial charge is 0.261 e. The zero-order valence-corrected chi connectivity index (χ0v) is 17.0. The highest BCUT2D eigenvalue weighted by molar-refractivity contribution is 7.92. The molecule has 0 atom stereocenters. The van der Waals surface area contributed by atoms with Crippen molar-refractivity contribution in [3.05, 3.63) is 65.2 Å². The van der Waals surface area contributed by atoms with Gasteiger partial charge in [0.15, 0.2) is 0 Å². The molecule has 0 saturated heterocycles. The summed E-state index contributed by atoms with van der Waals surface area (Å²) in [6.07, 6.45) is 8.79. The van der Waals surface area contributed by atoms with Crippen molar-refractivity contribution in [1.29, 1.82) is 0 Å². The number of benzene rings is 2. The van der Waals surface area contributed by atoms with Crippen molar-refractivity contribution in [2.24, 2.45) is 0 Å². The number of halogens is 1. The van der Waals surface area contributed by atoms with E-state index in [2.05, 4.69) is 10.0 Å². The van der Waals surface area contributed by atoms with Crippen LogP contribution in [0.1, 0.15) is 37.7 Å². The SMILES string of the molecule is O=C(/C=C/c1ccc(S(=O)(=O)Nc2ccccc2Cl)cc1)NC1CCCCC1. The number of amides is 1. The van der Waals surface area contributed by atoms with Gasteiger partial charge >= 0.3 is 0 Å². The molecule has 0 aliphatic heterocycles. The van der Waals surface area contributed by atoms with Crippen LogP contribution in [0.4, 0.5) is 5.69 Å². The Morgan fingerprint density at radius 1 is 1.00 bits per heavy atom. The molecule has 2 aromatic carbocycles. The first kappa shape index (κ1) is 20.4. The monoisotopic (exact) mass is 418 g/mol. The van der Waals surface area contributed by atoms with Gasteiger partial charge in [-0.2, -0.15) is 0 Å². The number of rotatable bonds is 6. The standard InChI is InChI=1S/C21H23ClN2O3S/c22-19-8-4-5-9-20(19)24-28(26,27)18-13-10-16(11-14-18)12-15-21(25)23-17-6-2-1-3-7-17/h4-5,8-15,17,24H,1-3,6-7H2,(H,23,25)/b15-12+. The highest BCUT2D eigenvalue weighted by atomic mass is 35.5. The van der Waals surface area contributed by atoms with Crippen LogP contribution in [-0.4, -0.2) is 20.4 Å². The van der Waals surface area contributed by atoms with Gasteiger partial charge in [-0.3, -0.25) is 9.52 Å². The van der Waals surface area contributed by atoms with E-state index in [1.165, 1.54) is 24.6 Å². The fourth-order valence-corrected chi connectivity index (χ4v) is 4.49. The van der Waals surface area contributed by atoms with E-state index in [4.69, 9.17) is 11.6 Å². The second-order valence-electron chi connectivity index (χ2n) is 6.83. The van der Waals surface area contributed by atoms with Crippen LogP contribution < -0.4 is 10.0 Å². The van der Waals surface area contributed by atoms with E-state index >= 15 is 0 Å². The Morgan fingerprint density at radius 2 is 1.68 bits per heavy atom. The van der Waals surface area contributed by atoms with Crippen LogP contribution >= 0.6 is 11.6 Å². The number of hydrogen-bond donors (Lipinski definition) is 2. The van der Waals surface area contributed by atoms with E-state index in [0.29, 0.717) is 10.7 Å². The second-order valence-corrected chi connectivity index (χ2v) is 8.92. The third-order valence-electron chi connectivity index (χ3n) is 4.69. The lowest BCUT2D eigenvalue weighted by atomic mass is 9.95. The van der Waals surface area contributed by atoms with Gasteiger partial charge in [0.05, 0.1) is 15.6 Å². The van der Waals surface area contributed by atoms with Crippen molar-refractivity contribution >= 4 is 39.3 Å². The third-order valence-corrected chi connectivity index (χ3v) is 6.40. The molecule has 0 aromatic heterocycles. The highest BCUT2D eigenvalue weighted by Gasteiger charge is 2.16. The molecule has 0 spiro atoms. The molecule has 1 amide bonds. The molecular formula is C21H23ClN2O3S. The zero-order valence-electron chi connectivity index (χ0n) is 15.4. The Bertz CT molecular complexity index is 950. The molecule has 1 saturated carbocycles. The molecule has 148 valence electrons. The summed E-state index contributed by atoms with van der Waals surface area (Å²) < 4.78 is 27.5. The van der Waals surface area contributed by atoms with E-state index in [1.807, 2.05) is 0 Å². The van der Waals surface area contributed by atoms with Gasteiger partial charge < -0.3 is 5.32 Å². The zero-order chi connectivity index (χ0) is 20.0. The molecule has 2 aromatic rings. The number of nitrogens with one attached hydrogen (secondary N) is 2. The summed E-state index contributed by atoms with van der Waals surface area (Å²) in [5, 5.41) is 3.34. The van der Waals surface area contributed by atoms with Gasteiger partial charge in [-0.05, 0) is 48.7 Å². The highest BCUT2D eigenvalue weighted by Crippen LogP contribution is 2.24. The number of sulfonamides is 1. The molecule has 0 unspecified atom stereocenters. The maximum atomic E-state index is 12.5. The van der Waals surface area contributed by atoms with Gasteiger partial charge in [-0.15, -0.1) is 0 Å².